The highest BCUT2D eigenvalue weighted by molar-refractivity contribution is 6.30. The summed E-state index contributed by atoms with van der Waals surface area (Å²) in [5.41, 5.74) is 0. The predicted molar refractivity (Wildman–Crippen MR) is 36.9 cm³/mol. The minimum atomic E-state index is -2.19. The monoisotopic (exact) mass is 198 g/mol. The van der Waals surface area contributed by atoms with Gasteiger partial charge in [0.25, 0.3) is 0 Å². The van der Waals surface area contributed by atoms with Gasteiger partial charge in [0.05, 0.1) is 0 Å². The molecule has 0 rings (SSSR count). The van der Waals surface area contributed by atoms with Crippen molar-refractivity contribution in [2.75, 3.05) is 0 Å². The molecule has 7 heteroatoms. The Morgan fingerprint density at radius 3 is 1.75 bits per heavy atom. The standard InChI is InChI=1S/C5H7ClO6/c6-1(4(9)10)2(7)3(8)5(11)12/h1-3,7-8H,(H,9,10)(H,11,12). The second-order valence-electron chi connectivity index (χ2n) is 2.01. The van der Waals surface area contributed by atoms with Crippen molar-refractivity contribution < 1.29 is 30.0 Å². The first-order valence-electron chi connectivity index (χ1n) is 2.83. The van der Waals surface area contributed by atoms with Crippen LogP contribution in [-0.2, 0) is 9.59 Å². The van der Waals surface area contributed by atoms with E-state index in [2.05, 4.69) is 0 Å². The van der Waals surface area contributed by atoms with E-state index in [1.807, 2.05) is 0 Å². The Labute approximate surface area is 72.0 Å². The summed E-state index contributed by atoms with van der Waals surface area (Å²) < 4.78 is 0. The highest BCUT2D eigenvalue weighted by Crippen LogP contribution is 2.07. The largest absolute Gasteiger partial charge is 0.480 e. The Hall–Kier alpha value is -0.850. The van der Waals surface area contributed by atoms with Crippen molar-refractivity contribution in [3.8, 4) is 0 Å². The Morgan fingerprint density at radius 2 is 1.50 bits per heavy atom. The molecule has 0 spiro atoms. The van der Waals surface area contributed by atoms with Crippen LogP contribution < -0.4 is 0 Å². The van der Waals surface area contributed by atoms with Crippen LogP contribution in [0.25, 0.3) is 0 Å². The Bertz CT molecular complexity index is 172. The molecule has 0 saturated heterocycles. The maximum absolute atomic E-state index is 10.1. The van der Waals surface area contributed by atoms with Gasteiger partial charge in [0.1, 0.15) is 6.10 Å². The molecule has 0 aliphatic carbocycles. The number of aliphatic hydroxyl groups excluding tert-OH is 2. The number of halogens is 1. The van der Waals surface area contributed by atoms with Crippen LogP contribution in [0.4, 0.5) is 0 Å². The van der Waals surface area contributed by atoms with Crippen LogP contribution in [-0.4, -0.2) is 49.9 Å². The van der Waals surface area contributed by atoms with Gasteiger partial charge in [-0.3, -0.25) is 4.79 Å². The lowest BCUT2D eigenvalue weighted by Crippen LogP contribution is -2.43. The van der Waals surface area contributed by atoms with Gasteiger partial charge in [0, 0.05) is 0 Å². The third-order valence-electron chi connectivity index (χ3n) is 1.11. The van der Waals surface area contributed by atoms with E-state index in [1.54, 1.807) is 0 Å². The third-order valence-corrected chi connectivity index (χ3v) is 1.56. The minimum absolute atomic E-state index is 1.59. The van der Waals surface area contributed by atoms with Crippen molar-refractivity contribution in [1.29, 1.82) is 0 Å². The van der Waals surface area contributed by atoms with Crippen LogP contribution in [0.2, 0.25) is 0 Å². The highest BCUT2D eigenvalue weighted by atomic mass is 35.5. The number of carbonyl (C=O) groups is 2. The van der Waals surface area contributed by atoms with Crippen LogP contribution in [0.1, 0.15) is 0 Å². The molecule has 0 saturated carbocycles. The normalized spacial score (nSPS) is 17.9. The Kier molecular flexibility index (Phi) is 3.94. The van der Waals surface area contributed by atoms with Crippen LogP contribution in [0.3, 0.4) is 0 Å². The summed E-state index contributed by atoms with van der Waals surface area (Å²) in [6, 6.07) is 0. The van der Waals surface area contributed by atoms with E-state index in [0.717, 1.165) is 0 Å². The lowest BCUT2D eigenvalue weighted by molar-refractivity contribution is -0.155. The van der Waals surface area contributed by atoms with E-state index in [-0.39, 0.29) is 0 Å². The van der Waals surface area contributed by atoms with Gasteiger partial charge < -0.3 is 20.4 Å². The fraction of sp³-hybridized carbons (Fsp3) is 0.600. The third kappa shape index (κ3) is 2.65. The first-order chi connectivity index (χ1) is 5.37. The summed E-state index contributed by atoms with van der Waals surface area (Å²) in [7, 11) is 0. The summed E-state index contributed by atoms with van der Waals surface area (Å²) in [5, 5.41) is 31.9. The lowest BCUT2D eigenvalue weighted by atomic mass is 10.1. The average molecular weight is 199 g/mol. The summed E-state index contributed by atoms with van der Waals surface area (Å²) in [6.07, 6.45) is -4.22. The first-order valence-corrected chi connectivity index (χ1v) is 3.27. The number of rotatable bonds is 4. The number of aliphatic carboxylic acids is 2. The van der Waals surface area contributed by atoms with Crippen molar-refractivity contribution in [3.05, 3.63) is 0 Å². The zero-order valence-electron chi connectivity index (χ0n) is 5.72. The molecular formula is C5H7ClO6. The average Bonchev–Trinajstić information content (AvgIpc) is 2.00. The molecule has 0 aromatic rings. The first kappa shape index (κ1) is 11.2. The van der Waals surface area contributed by atoms with Crippen molar-refractivity contribution in [2.24, 2.45) is 0 Å². The second-order valence-corrected chi connectivity index (χ2v) is 2.48. The maximum atomic E-state index is 10.1. The van der Waals surface area contributed by atoms with Crippen molar-refractivity contribution >= 4 is 23.5 Å². The summed E-state index contributed by atoms with van der Waals surface area (Å²) in [5.74, 6) is -3.32. The van der Waals surface area contributed by atoms with Crippen LogP contribution in [0.5, 0.6) is 0 Å². The van der Waals surface area contributed by atoms with Gasteiger partial charge in [-0.05, 0) is 0 Å². The van der Waals surface area contributed by atoms with Gasteiger partial charge in [-0.1, -0.05) is 0 Å². The summed E-state index contributed by atoms with van der Waals surface area (Å²) >= 11 is 5.03. The zero-order chi connectivity index (χ0) is 9.89. The second kappa shape index (κ2) is 4.24. The SMILES string of the molecule is O=C(O)C(O)C(O)C(Cl)C(=O)O. The van der Waals surface area contributed by atoms with Gasteiger partial charge in [-0.25, -0.2) is 4.79 Å². The van der Waals surface area contributed by atoms with E-state index in [4.69, 9.17) is 32.0 Å². The zero-order valence-corrected chi connectivity index (χ0v) is 6.47. The van der Waals surface area contributed by atoms with E-state index in [1.165, 1.54) is 0 Å². The number of carboxylic acids is 2. The molecule has 12 heavy (non-hydrogen) atoms. The Morgan fingerprint density at radius 1 is 1.08 bits per heavy atom. The minimum Gasteiger partial charge on any atom is -0.480 e. The smallest absolute Gasteiger partial charge is 0.335 e. The number of carboxylic acid groups (broad SMARTS) is 2. The topological polar surface area (TPSA) is 115 Å². The van der Waals surface area contributed by atoms with E-state index >= 15 is 0 Å². The van der Waals surface area contributed by atoms with Crippen molar-refractivity contribution in [1.82, 2.24) is 0 Å². The van der Waals surface area contributed by atoms with E-state index in [9.17, 15) is 9.59 Å². The molecule has 0 fully saturated rings. The van der Waals surface area contributed by atoms with Gasteiger partial charge in [0.15, 0.2) is 11.5 Å². The van der Waals surface area contributed by atoms with Gasteiger partial charge in [-0.15, -0.1) is 11.6 Å². The quantitative estimate of drug-likeness (QED) is 0.408. The molecule has 0 aliphatic heterocycles. The van der Waals surface area contributed by atoms with Crippen molar-refractivity contribution in [3.63, 3.8) is 0 Å². The molecule has 3 atom stereocenters. The predicted octanol–water partition coefficient (Wildman–Crippen LogP) is -1.52. The molecule has 3 unspecified atom stereocenters. The molecule has 0 aliphatic rings. The van der Waals surface area contributed by atoms with Crippen LogP contribution >= 0.6 is 11.6 Å². The van der Waals surface area contributed by atoms with Crippen LogP contribution in [0.15, 0.2) is 0 Å². The molecule has 70 valence electrons. The molecule has 0 heterocycles. The molecule has 0 radical (unpaired) electrons. The van der Waals surface area contributed by atoms with Gasteiger partial charge in [0.2, 0.25) is 0 Å². The molecule has 0 amide bonds. The van der Waals surface area contributed by atoms with Gasteiger partial charge in [-0.2, -0.15) is 0 Å². The fourth-order valence-electron chi connectivity index (χ4n) is 0.452. The van der Waals surface area contributed by atoms with Crippen molar-refractivity contribution in [2.45, 2.75) is 17.6 Å². The molecule has 0 bridgehead atoms. The Balaban J connectivity index is 4.28. The molecule has 6 nitrogen and oxygen atoms in total. The van der Waals surface area contributed by atoms with Gasteiger partial charge >= 0.3 is 11.9 Å². The van der Waals surface area contributed by atoms with E-state index in [0.29, 0.717) is 0 Å². The molecule has 0 aromatic heterocycles. The number of aliphatic hydroxyl groups is 2. The van der Waals surface area contributed by atoms with E-state index < -0.39 is 29.5 Å². The molecular weight excluding hydrogens is 192 g/mol. The number of alkyl halides is 1. The lowest BCUT2D eigenvalue weighted by Gasteiger charge is -2.15. The molecule has 4 N–H and O–H groups in total. The summed E-state index contributed by atoms with van der Waals surface area (Å²) in [6.45, 7) is 0. The highest BCUT2D eigenvalue weighted by Gasteiger charge is 2.34. The fourth-order valence-corrected chi connectivity index (χ4v) is 0.590. The maximum Gasteiger partial charge on any atom is 0.335 e. The summed E-state index contributed by atoms with van der Waals surface area (Å²) in [4.78, 5) is 20.1. The number of hydrogen-bond donors (Lipinski definition) is 4. The molecule has 0 aromatic carbocycles. The van der Waals surface area contributed by atoms with Crippen LogP contribution in [0, 0.1) is 0 Å². The number of hydrogen-bond acceptors (Lipinski definition) is 4.